The number of aryl methyl sites for hydroxylation is 2. The van der Waals surface area contributed by atoms with Gasteiger partial charge in [0.1, 0.15) is 0 Å². The number of hydrogen-bond donors (Lipinski definition) is 2. The van der Waals surface area contributed by atoms with Crippen LogP contribution >= 0.6 is 0 Å². The van der Waals surface area contributed by atoms with Gasteiger partial charge in [0.25, 0.3) is 0 Å². The molecule has 0 spiro atoms. The summed E-state index contributed by atoms with van der Waals surface area (Å²) in [5.74, 6) is -2.14. The minimum absolute atomic E-state index is 0.191. The molecule has 290 valence electrons. The summed E-state index contributed by atoms with van der Waals surface area (Å²) >= 11 is 0. The molecule has 52 heavy (non-hydrogen) atoms. The van der Waals surface area contributed by atoms with E-state index in [-0.39, 0.29) is 37.0 Å². The summed E-state index contributed by atoms with van der Waals surface area (Å²) in [7, 11) is 0. The van der Waals surface area contributed by atoms with Gasteiger partial charge in [0.2, 0.25) is 0 Å². The number of rotatable bonds is 10. The number of benzene rings is 2. The van der Waals surface area contributed by atoms with Gasteiger partial charge in [-0.3, -0.25) is 9.59 Å². The third kappa shape index (κ3) is 14.3. The Kier molecular flexibility index (Phi) is 20.5. The lowest BCUT2D eigenvalue weighted by molar-refractivity contribution is -0.172. The van der Waals surface area contributed by atoms with E-state index in [0.717, 1.165) is 75.3 Å². The van der Waals surface area contributed by atoms with Gasteiger partial charge in [-0.1, -0.05) is 151 Å². The average molecular weight is 719 g/mol. The van der Waals surface area contributed by atoms with Gasteiger partial charge >= 0.3 is 11.9 Å². The molecule has 1 aliphatic carbocycles. The van der Waals surface area contributed by atoms with Crippen LogP contribution in [0, 0.1) is 11.8 Å². The molecule has 6 nitrogen and oxygen atoms in total. The van der Waals surface area contributed by atoms with E-state index in [1.165, 1.54) is 101 Å². The van der Waals surface area contributed by atoms with Crippen LogP contribution in [-0.2, 0) is 31.9 Å². The summed E-state index contributed by atoms with van der Waals surface area (Å²) in [5.41, 5.74) is 4.51. The normalized spacial score (nSPS) is 24.2. The largest absolute Gasteiger partial charge is 0.465 e. The molecule has 2 N–H and O–H groups in total. The van der Waals surface area contributed by atoms with Crippen LogP contribution in [0.1, 0.15) is 175 Å². The van der Waals surface area contributed by atoms with E-state index in [1.807, 2.05) is 0 Å². The Bertz CT molecular complexity index is 1140. The van der Waals surface area contributed by atoms with Crippen molar-refractivity contribution in [3.05, 3.63) is 70.8 Å². The first kappa shape index (κ1) is 42.0. The van der Waals surface area contributed by atoms with E-state index in [1.54, 1.807) is 0 Å². The first-order valence-corrected chi connectivity index (χ1v) is 21.4. The summed E-state index contributed by atoms with van der Waals surface area (Å²) < 4.78 is 12.0. The Morgan fingerprint density at radius 1 is 0.404 bits per heavy atom. The molecule has 4 rings (SSSR count). The van der Waals surface area contributed by atoms with Gasteiger partial charge in [-0.2, -0.15) is 0 Å². The van der Waals surface area contributed by atoms with Gasteiger partial charge in [0.05, 0.1) is 25.0 Å². The van der Waals surface area contributed by atoms with Crippen LogP contribution in [0.25, 0.3) is 0 Å². The number of ether oxygens (including phenoxy) is 2. The van der Waals surface area contributed by atoms with Gasteiger partial charge in [0, 0.05) is 25.0 Å². The van der Waals surface area contributed by atoms with Crippen LogP contribution < -0.4 is 0 Å². The highest BCUT2D eigenvalue weighted by molar-refractivity contribution is 5.87. The Hall–Kier alpha value is -2.70. The lowest BCUT2D eigenvalue weighted by Gasteiger charge is -2.49. The van der Waals surface area contributed by atoms with E-state index < -0.39 is 11.8 Å². The molecule has 6 heteroatoms. The first-order chi connectivity index (χ1) is 25.6. The molecule has 0 bridgehead atoms. The lowest BCUT2D eigenvalue weighted by atomic mass is 9.52. The van der Waals surface area contributed by atoms with E-state index in [9.17, 15) is 19.8 Å². The number of carbonyl (C=O) groups excluding carboxylic acids is 2. The Labute approximate surface area is 315 Å². The predicted octanol–water partition coefficient (Wildman–Crippen LogP) is 10.6. The lowest BCUT2D eigenvalue weighted by Crippen LogP contribution is -2.52. The molecule has 0 aromatic heterocycles. The third-order valence-electron chi connectivity index (χ3n) is 11.6. The van der Waals surface area contributed by atoms with Crippen LogP contribution in [0.3, 0.4) is 0 Å². The van der Waals surface area contributed by atoms with Crippen LogP contribution in [0.4, 0.5) is 0 Å². The maximum absolute atomic E-state index is 14.0. The van der Waals surface area contributed by atoms with Crippen molar-refractivity contribution in [2.45, 2.75) is 166 Å². The second kappa shape index (κ2) is 25.3. The van der Waals surface area contributed by atoms with E-state index in [2.05, 4.69) is 48.5 Å². The van der Waals surface area contributed by atoms with Crippen molar-refractivity contribution in [3.63, 3.8) is 0 Å². The number of fused-ring (bicyclic) bond motifs is 1. The fraction of sp³-hybridized carbons (Fsp3) is 0.696. The second-order valence-electron chi connectivity index (χ2n) is 15.6. The van der Waals surface area contributed by atoms with E-state index in [0.29, 0.717) is 13.2 Å². The minimum Gasteiger partial charge on any atom is -0.465 e. The maximum Gasteiger partial charge on any atom is 0.310 e. The molecule has 1 saturated heterocycles. The molecule has 1 heterocycles. The van der Waals surface area contributed by atoms with Crippen LogP contribution in [0.5, 0.6) is 0 Å². The van der Waals surface area contributed by atoms with Crippen molar-refractivity contribution in [1.29, 1.82) is 0 Å². The predicted molar refractivity (Wildman–Crippen MR) is 210 cm³/mol. The Morgan fingerprint density at radius 3 is 0.981 bits per heavy atom. The van der Waals surface area contributed by atoms with Crippen LogP contribution in [0.15, 0.2) is 48.5 Å². The summed E-state index contributed by atoms with van der Waals surface area (Å²) in [6.45, 7) is 1.17. The van der Waals surface area contributed by atoms with E-state index >= 15 is 0 Å². The molecule has 2 aromatic rings. The maximum atomic E-state index is 14.0. The summed E-state index contributed by atoms with van der Waals surface area (Å²) in [6.07, 6.45) is 27.3. The minimum atomic E-state index is -0.597. The van der Waals surface area contributed by atoms with Gasteiger partial charge in [0.15, 0.2) is 0 Å². The monoisotopic (exact) mass is 719 g/mol. The molecule has 0 radical (unpaired) electrons. The third-order valence-corrected chi connectivity index (χ3v) is 11.6. The second-order valence-corrected chi connectivity index (χ2v) is 15.6. The van der Waals surface area contributed by atoms with Crippen molar-refractivity contribution in [3.8, 4) is 0 Å². The van der Waals surface area contributed by atoms with Crippen LogP contribution in [0.2, 0.25) is 0 Å². The molecule has 0 amide bonds. The van der Waals surface area contributed by atoms with Crippen molar-refractivity contribution >= 4 is 11.9 Å². The smallest absolute Gasteiger partial charge is 0.310 e. The molecular formula is C46H70O6. The Morgan fingerprint density at radius 2 is 0.692 bits per heavy atom. The van der Waals surface area contributed by atoms with Crippen LogP contribution in [-0.4, -0.2) is 48.6 Å². The summed E-state index contributed by atoms with van der Waals surface area (Å²) in [5, 5.41) is 18.5. The number of cyclic esters (lactones) is 2. The number of esters is 2. The van der Waals surface area contributed by atoms with Gasteiger partial charge in [-0.15, -0.1) is 0 Å². The topological polar surface area (TPSA) is 93.1 Å². The Balaban J connectivity index is 1.51. The summed E-state index contributed by atoms with van der Waals surface area (Å²) in [6, 6.07) is 17.0. The number of unbranched alkanes of at least 4 members (excludes halogenated alkanes) is 2. The van der Waals surface area contributed by atoms with Crippen molar-refractivity contribution < 1.29 is 29.3 Å². The fourth-order valence-electron chi connectivity index (χ4n) is 8.43. The quantitative estimate of drug-likeness (QED) is 0.188. The molecular weight excluding hydrogens is 649 g/mol. The molecule has 2 fully saturated rings. The van der Waals surface area contributed by atoms with E-state index in [4.69, 9.17) is 9.47 Å². The summed E-state index contributed by atoms with van der Waals surface area (Å²) in [4.78, 5) is 28.0. The highest BCUT2D eigenvalue weighted by atomic mass is 16.5. The molecule has 2 aliphatic rings. The highest BCUT2D eigenvalue weighted by Gasteiger charge is 2.59. The standard InChI is InChI=1S/C46H70O6/c47-33-19-17-23-37-25-29-39(30-26-37)41-42(40-31-27-38(28-32-40)24-18-20-34-48)44-43(41)45(49)51-35-21-15-13-11-9-7-5-3-1-2-4-6-8-10-12-14-16-22-36-52-46(44)50/h25-32,41-44,47-48H,1-24,33-36H2/t41-,42+,43+,44-. The number of aliphatic hydroxyl groups is 2. The molecule has 1 aliphatic heterocycles. The fourth-order valence-corrected chi connectivity index (χ4v) is 8.43. The number of carbonyl (C=O) groups is 2. The molecule has 4 atom stereocenters. The zero-order valence-electron chi connectivity index (χ0n) is 32.3. The SMILES string of the molecule is O=C1OCCCCCCCCCCCCCCCCCCCCOC(=O)[C@H]2[C@@H]1[C@H](c1ccc(CCCCO)cc1)[C@@H]2c1ccc(CCCCO)cc1. The zero-order valence-corrected chi connectivity index (χ0v) is 32.3. The highest BCUT2D eigenvalue weighted by Crippen LogP contribution is 2.58. The first-order valence-electron chi connectivity index (χ1n) is 21.4. The van der Waals surface area contributed by atoms with Gasteiger partial charge in [-0.25, -0.2) is 0 Å². The van der Waals surface area contributed by atoms with Crippen molar-refractivity contribution in [1.82, 2.24) is 0 Å². The number of aliphatic hydroxyl groups excluding tert-OH is 2. The molecule has 1 saturated carbocycles. The van der Waals surface area contributed by atoms with Crippen molar-refractivity contribution in [2.75, 3.05) is 26.4 Å². The van der Waals surface area contributed by atoms with Gasteiger partial charge in [-0.05, 0) is 73.6 Å². The average Bonchev–Trinajstić information content (AvgIpc) is 3.14. The number of hydrogen-bond acceptors (Lipinski definition) is 6. The molecule has 0 unspecified atom stereocenters. The van der Waals surface area contributed by atoms with Gasteiger partial charge < -0.3 is 19.7 Å². The zero-order chi connectivity index (χ0) is 36.6. The van der Waals surface area contributed by atoms with Crippen molar-refractivity contribution in [2.24, 2.45) is 11.8 Å². The molecule has 2 aromatic carbocycles.